The Morgan fingerprint density at radius 1 is 1.42 bits per heavy atom. The van der Waals surface area contributed by atoms with Crippen molar-refractivity contribution in [3.05, 3.63) is 29.7 Å². The average molecular weight is 168 g/mol. The molecule has 1 rings (SSSR count). The molecule has 1 aromatic rings. The second kappa shape index (κ2) is 6.46. The number of pyridine rings is 1. The Morgan fingerprint density at radius 3 is 2.25 bits per heavy atom. The highest BCUT2D eigenvalue weighted by Gasteiger charge is 1.85. The molecule has 0 aliphatic heterocycles. The summed E-state index contributed by atoms with van der Waals surface area (Å²) in [6, 6.07) is 3.26. The summed E-state index contributed by atoms with van der Waals surface area (Å²) < 4.78 is 0.662. The third kappa shape index (κ3) is 5.53. The highest BCUT2D eigenvalue weighted by atomic mass is 16.5. The summed E-state index contributed by atoms with van der Waals surface area (Å²) in [4.78, 5) is 0. The molecule has 0 aromatic carbocycles. The molecule has 3 heteroatoms. The second-order valence-electron chi connectivity index (χ2n) is 2.50. The van der Waals surface area contributed by atoms with Gasteiger partial charge in [0, 0.05) is 6.07 Å². The Balaban J connectivity index is 0.000000261. The lowest BCUT2D eigenvalue weighted by molar-refractivity contribution is -0.604. The normalized spacial score (nSPS) is 8.50. The van der Waals surface area contributed by atoms with Crippen LogP contribution in [0.25, 0.3) is 0 Å². The Kier molecular flexibility index (Phi) is 5.79. The highest BCUT2D eigenvalue weighted by molar-refractivity contribution is 5.30. The quantitative estimate of drug-likeness (QED) is 0.512. The average Bonchev–Trinajstić information content (AvgIpc) is 2.04. The molecule has 0 radical (unpaired) electrons. The van der Waals surface area contributed by atoms with Gasteiger partial charge in [0.15, 0.2) is 6.20 Å². The number of nitrogens with zero attached hydrogens (tertiary/aromatic N) is 1. The molecule has 0 atom stereocenters. The van der Waals surface area contributed by atoms with E-state index < -0.39 is 0 Å². The van der Waals surface area contributed by atoms with E-state index in [0.717, 1.165) is 0 Å². The fourth-order valence-corrected chi connectivity index (χ4v) is 0.472. The number of unbranched alkanes of at least 4 members (excludes halogenated alkanes) is 1. The molecule has 3 nitrogen and oxygen atoms in total. The molecule has 2 N–H and O–H groups in total. The van der Waals surface area contributed by atoms with Crippen molar-refractivity contribution in [3.63, 3.8) is 0 Å². The Labute approximate surface area is 73.4 Å². The predicted molar refractivity (Wildman–Crippen MR) is 50.4 cm³/mol. The number of nitrogens with two attached hydrogens (primary N) is 1. The van der Waals surface area contributed by atoms with E-state index in [2.05, 4.69) is 13.8 Å². The van der Waals surface area contributed by atoms with Crippen LogP contribution in [0.2, 0.25) is 0 Å². The van der Waals surface area contributed by atoms with Gasteiger partial charge in [0.05, 0.1) is 5.69 Å². The molecule has 0 spiro atoms. The zero-order valence-electron chi connectivity index (χ0n) is 7.66. The van der Waals surface area contributed by atoms with Crippen molar-refractivity contribution in [2.75, 3.05) is 5.73 Å². The lowest BCUT2D eigenvalue weighted by atomic mass is 10.4. The van der Waals surface area contributed by atoms with Gasteiger partial charge < -0.3 is 10.9 Å². The lowest BCUT2D eigenvalue weighted by Gasteiger charge is -1.92. The minimum Gasteiger partial charge on any atom is -0.619 e. The minimum atomic E-state index is 0.488. The summed E-state index contributed by atoms with van der Waals surface area (Å²) in [6.45, 7) is 4.36. The van der Waals surface area contributed by atoms with Crippen LogP contribution in [0.5, 0.6) is 0 Å². The van der Waals surface area contributed by atoms with Crippen molar-refractivity contribution in [1.29, 1.82) is 0 Å². The van der Waals surface area contributed by atoms with Crippen molar-refractivity contribution < 1.29 is 4.73 Å². The molecule has 0 saturated heterocycles. The summed E-state index contributed by atoms with van der Waals surface area (Å²) >= 11 is 0. The molecule has 0 bridgehead atoms. The number of aromatic nitrogens is 1. The van der Waals surface area contributed by atoms with Crippen molar-refractivity contribution in [1.82, 2.24) is 0 Å². The first-order chi connectivity index (χ1) is 5.70. The van der Waals surface area contributed by atoms with Gasteiger partial charge >= 0.3 is 0 Å². The van der Waals surface area contributed by atoms with Crippen LogP contribution >= 0.6 is 0 Å². The molecule has 0 unspecified atom stereocenters. The molecule has 0 saturated carbocycles. The van der Waals surface area contributed by atoms with Crippen molar-refractivity contribution in [2.45, 2.75) is 26.7 Å². The maximum atomic E-state index is 10.3. The monoisotopic (exact) mass is 168 g/mol. The molecule has 68 valence electrons. The van der Waals surface area contributed by atoms with E-state index in [9.17, 15) is 5.21 Å². The molecular weight excluding hydrogens is 152 g/mol. The van der Waals surface area contributed by atoms with Crippen LogP contribution in [0.1, 0.15) is 26.7 Å². The van der Waals surface area contributed by atoms with E-state index in [4.69, 9.17) is 5.73 Å². The Morgan fingerprint density at radius 2 is 2.00 bits per heavy atom. The molecule has 12 heavy (non-hydrogen) atoms. The van der Waals surface area contributed by atoms with E-state index in [1.807, 2.05) is 0 Å². The zero-order chi connectivity index (χ0) is 9.40. The summed E-state index contributed by atoms with van der Waals surface area (Å²) in [5.74, 6) is 0. The minimum absolute atomic E-state index is 0.488. The number of hydrogen-bond acceptors (Lipinski definition) is 2. The number of rotatable bonds is 1. The van der Waals surface area contributed by atoms with Gasteiger partial charge in [0.25, 0.3) is 0 Å². The molecule has 1 aromatic heterocycles. The van der Waals surface area contributed by atoms with Crippen LogP contribution in [0.3, 0.4) is 0 Å². The van der Waals surface area contributed by atoms with Crippen LogP contribution in [0.4, 0.5) is 5.69 Å². The first-order valence-corrected chi connectivity index (χ1v) is 4.15. The smallest absolute Gasteiger partial charge is 0.203 e. The summed E-state index contributed by atoms with van der Waals surface area (Å²) in [5.41, 5.74) is 5.73. The number of anilines is 1. The third-order valence-electron chi connectivity index (χ3n) is 1.30. The molecule has 0 fully saturated rings. The summed E-state index contributed by atoms with van der Waals surface area (Å²) in [7, 11) is 0. The van der Waals surface area contributed by atoms with Crippen LogP contribution < -0.4 is 10.5 Å². The van der Waals surface area contributed by atoms with Gasteiger partial charge in [-0.05, 0) is 6.07 Å². The van der Waals surface area contributed by atoms with Gasteiger partial charge in [0.1, 0.15) is 0 Å². The summed E-state index contributed by atoms with van der Waals surface area (Å²) in [6.07, 6.45) is 5.33. The molecule has 0 aliphatic carbocycles. The SMILES string of the molecule is CCCC.Nc1ccc[n+]([O-])c1. The van der Waals surface area contributed by atoms with E-state index in [-0.39, 0.29) is 0 Å². The second-order valence-corrected chi connectivity index (χ2v) is 2.50. The number of hydrogen-bond donors (Lipinski definition) is 1. The standard InChI is InChI=1S/C5H6N2O.C4H10/c6-5-2-1-3-7(8)4-5;1-3-4-2/h1-4H,6H2;3-4H2,1-2H3. The third-order valence-corrected chi connectivity index (χ3v) is 1.30. The van der Waals surface area contributed by atoms with Gasteiger partial charge in [-0.2, -0.15) is 4.73 Å². The Bertz CT molecular complexity index is 194. The van der Waals surface area contributed by atoms with Crippen LogP contribution in [0, 0.1) is 5.21 Å². The largest absolute Gasteiger partial charge is 0.619 e. The molecule has 0 aliphatic rings. The van der Waals surface area contributed by atoms with E-state index in [1.54, 1.807) is 12.1 Å². The molecular formula is C9H16N2O. The maximum Gasteiger partial charge on any atom is 0.203 e. The summed E-state index contributed by atoms with van der Waals surface area (Å²) in [5, 5.41) is 10.3. The van der Waals surface area contributed by atoms with Crippen molar-refractivity contribution in [2.24, 2.45) is 0 Å². The van der Waals surface area contributed by atoms with Gasteiger partial charge in [-0.3, -0.25) is 0 Å². The molecule has 0 amide bonds. The number of nitrogen functional groups attached to an aromatic ring is 1. The van der Waals surface area contributed by atoms with Crippen LogP contribution in [-0.2, 0) is 0 Å². The first-order valence-electron chi connectivity index (χ1n) is 4.15. The predicted octanol–water partition coefficient (Wildman–Crippen LogP) is 1.71. The van der Waals surface area contributed by atoms with Crippen molar-refractivity contribution >= 4 is 5.69 Å². The van der Waals surface area contributed by atoms with Gasteiger partial charge in [-0.1, -0.05) is 26.7 Å². The van der Waals surface area contributed by atoms with Crippen LogP contribution in [-0.4, -0.2) is 0 Å². The van der Waals surface area contributed by atoms with Gasteiger partial charge in [0.2, 0.25) is 6.20 Å². The van der Waals surface area contributed by atoms with E-state index in [1.165, 1.54) is 25.2 Å². The Hall–Kier alpha value is -1.25. The fraction of sp³-hybridized carbons (Fsp3) is 0.444. The molecule has 1 heterocycles. The maximum absolute atomic E-state index is 10.3. The first kappa shape index (κ1) is 10.8. The van der Waals surface area contributed by atoms with E-state index >= 15 is 0 Å². The van der Waals surface area contributed by atoms with E-state index in [0.29, 0.717) is 10.4 Å². The van der Waals surface area contributed by atoms with Crippen molar-refractivity contribution in [3.8, 4) is 0 Å². The zero-order valence-corrected chi connectivity index (χ0v) is 7.66. The van der Waals surface area contributed by atoms with Crippen LogP contribution in [0.15, 0.2) is 24.5 Å². The topological polar surface area (TPSA) is 53.0 Å². The highest BCUT2D eigenvalue weighted by Crippen LogP contribution is 1.90. The lowest BCUT2D eigenvalue weighted by Crippen LogP contribution is -2.24. The fourth-order valence-electron chi connectivity index (χ4n) is 0.472. The van der Waals surface area contributed by atoms with Gasteiger partial charge in [-0.25, -0.2) is 0 Å². The van der Waals surface area contributed by atoms with Gasteiger partial charge in [-0.15, -0.1) is 0 Å².